The smallest absolute Gasteiger partial charge is 0.176 e. The van der Waals surface area contributed by atoms with Gasteiger partial charge in [0, 0.05) is 63.7 Å². The van der Waals surface area contributed by atoms with E-state index in [4.69, 9.17) is 0 Å². The molecule has 2 N–H and O–H groups in total. The summed E-state index contributed by atoms with van der Waals surface area (Å²) >= 11 is 1.12. The monoisotopic (exact) mass is 469 g/mol. The largest absolute Gasteiger partial charge is 0.338 e. The standard InChI is InChI=1S/C25H20FN7S/c1-33(2)13-14-7-15(11-27-10-14)16-8-19-23(31-32-25(19)29-12-16)20-9-18-17(5-6-28-24(18)30-20)21-3-4-22(26)34-21/h3-12H,13H2,1-2H3,(H,28,30)(H,29,31,32). The van der Waals surface area contributed by atoms with Gasteiger partial charge in [0.15, 0.2) is 10.8 Å². The van der Waals surface area contributed by atoms with Gasteiger partial charge in [-0.25, -0.2) is 9.97 Å². The Bertz CT molecular complexity index is 1650. The third-order valence-electron chi connectivity index (χ3n) is 5.67. The van der Waals surface area contributed by atoms with Gasteiger partial charge in [-0.3, -0.25) is 10.1 Å². The van der Waals surface area contributed by atoms with Crippen molar-refractivity contribution in [2.75, 3.05) is 14.1 Å². The van der Waals surface area contributed by atoms with E-state index in [1.807, 2.05) is 44.8 Å². The van der Waals surface area contributed by atoms with E-state index < -0.39 is 0 Å². The van der Waals surface area contributed by atoms with Crippen molar-refractivity contribution in [3.05, 3.63) is 71.9 Å². The minimum atomic E-state index is -0.211. The Kier molecular flexibility index (Phi) is 4.93. The molecule has 0 aliphatic rings. The van der Waals surface area contributed by atoms with Crippen LogP contribution in [-0.2, 0) is 6.54 Å². The molecule has 0 radical (unpaired) electrons. The van der Waals surface area contributed by atoms with Crippen LogP contribution in [0.3, 0.4) is 0 Å². The van der Waals surface area contributed by atoms with Crippen molar-refractivity contribution in [1.82, 2.24) is 35.0 Å². The number of aromatic nitrogens is 6. The maximum atomic E-state index is 13.6. The molecule has 168 valence electrons. The summed E-state index contributed by atoms with van der Waals surface area (Å²) in [5, 5.41) is 9.16. The molecular weight excluding hydrogens is 449 g/mol. The van der Waals surface area contributed by atoms with Gasteiger partial charge in [0.1, 0.15) is 11.3 Å². The lowest BCUT2D eigenvalue weighted by atomic mass is 10.1. The summed E-state index contributed by atoms with van der Waals surface area (Å²) < 4.78 is 13.6. The van der Waals surface area contributed by atoms with Crippen LogP contribution in [0, 0.1) is 5.13 Å². The molecule has 0 unspecified atom stereocenters. The maximum absolute atomic E-state index is 13.6. The molecule has 0 aliphatic carbocycles. The van der Waals surface area contributed by atoms with Crippen LogP contribution in [0.1, 0.15) is 5.56 Å². The van der Waals surface area contributed by atoms with Gasteiger partial charge in [0.25, 0.3) is 0 Å². The van der Waals surface area contributed by atoms with Gasteiger partial charge in [-0.05, 0) is 56.1 Å². The second-order valence-electron chi connectivity index (χ2n) is 8.42. The highest BCUT2D eigenvalue weighted by Gasteiger charge is 2.16. The van der Waals surface area contributed by atoms with Crippen LogP contribution in [0.25, 0.3) is 55.0 Å². The molecule has 0 amide bonds. The second kappa shape index (κ2) is 8.12. The van der Waals surface area contributed by atoms with Crippen molar-refractivity contribution >= 4 is 33.4 Å². The Hall–Kier alpha value is -3.95. The number of aromatic amines is 2. The first-order valence-corrected chi connectivity index (χ1v) is 11.5. The SMILES string of the molecule is CN(C)Cc1cncc(-c2cnc3[nH]nc(-c4cc5c(-c6ccc(F)s6)ccnc5[nH]4)c3c2)c1. The molecule has 6 aromatic rings. The quantitative estimate of drug-likeness (QED) is 0.349. The molecule has 7 nitrogen and oxygen atoms in total. The van der Waals surface area contributed by atoms with Gasteiger partial charge in [-0.1, -0.05) is 0 Å². The van der Waals surface area contributed by atoms with Gasteiger partial charge in [0.2, 0.25) is 0 Å². The molecule has 0 atom stereocenters. The molecule has 0 bridgehead atoms. The van der Waals surface area contributed by atoms with Crippen molar-refractivity contribution in [2.24, 2.45) is 0 Å². The van der Waals surface area contributed by atoms with E-state index in [2.05, 4.69) is 47.2 Å². The van der Waals surface area contributed by atoms with Crippen LogP contribution >= 0.6 is 11.3 Å². The Morgan fingerprint density at radius 2 is 1.82 bits per heavy atom. The summed E-state index contributed by atoms with van der Waals surface area (Å²) in [5.41, 5.74) is 7.02. The number of H-pyrrole nitrogens is 2. The van der Waals surface area contributed by atoms with Crippen molar-refractivity contribution in [3.63, 3.8) is 0 Å². The summed E-state index contributed by atoms with van der Waals surface area (Å²) in [7, 11) is 4.07. The summed E-state index contributed by atoms with van der Waals surface area (Å²) in [6, 6.07) is 11.4. The summed E-state index contributed by atoms with van der Waals surface area (Å²) in [6.45, 7) is 0.812. The molecule has 9 heteroatoms. The average Bonchev–Trinajstić information content (AvgIpc) is 3.55. The molecule has 6 rings (SSSR count). The molecular formula is C25H20FN7S. The molecule has 0 aromatic carbocycles. The normalized spacial score (nSPS) is 11.8. The Morgan fingerprint density at radius 1 is 0.941 bits per heavy atom. The van der Waals surface area contributed by atoms with Gasteiger partial charge in [0.05, 0.1) is 5.69 Å². The summed E-state index contributed by atoms with van der Waals surface area (Å²) in [4.78, 5) is 19.8. The van der Waals surface area contributed by atoms with Gasteiger partial charge >= 0.3 is 0 Å². The van der Waals surface area contributed by atoms with Crippen molar-refractivity contribution < 1.29 is 4.39 Å². The lowest BCUT2D eigenvalue weighted by molar-refractivity contribution is 0.402. The van der Waals surface area contributed by atoms with Crippen LogP contribution in [0.4, 0.5) is 4.39 Å². The molecule has 0 spiro atoms. The minimum Gasteiger partial charge on any atom is -0.338 e. The van der Waals surface area contributed by atoms with Crippen LogP contribution in [-0.4, -0.2) is 49.1 Å². The van der Waals surface area contributed by atoms with Gasteiger partial charge in [-0.2, -0.15) is 9.49 Å². The van der Waals surface area contributed by atoms with Crippen molar-refractivity contribution in [2.45, 2.75) is 6.54 Å². The lowest BCUT2D eigenvalue weighted by Gasteiger charge is -2.10. The first kappa shape index (κ1) is 20.6. The molecule has 6 heterocycles. The molecule has 34 heavy (non-hydrogen) atoms. The van der Waals surface area contributed by atoms with E-state index >= 15 is 0 Å². The zero-order valence-electron chi connectivity index (χ0n) is 18.5. The first-order chi connectivity index (χ1) is 16.5. The number of hydrogen-bond acceptors (Lipinski definition) is 6. The summed E-state index contributed by atoms with van der Waals surface area (Å²) in [6.07, 6.45) is 7.29. The number of thiophene rings is 1. The molecule has 0 aliphatic heterocycles. The number of fused-ring (bicyclic) bond motifs is 2. The number of hydrogen-bond donors (Lipinski definition) is 2. The fourth-order valence-electron chi connectivity index (χ4n) is 4.19. The average molecular weight is 470 g/mol. The van der Waals surface area contributed by atoms with E-state index in [0.717, 1.165) is 72.8 Å². The van der Waals surface area contributed by atoms with Gasteiger partial charge < -0.3 is 9.88 Å². The van der Waals surface area contributed by atoms with Crippen LogP contribution in [0.5, 0.6) is 0 Å². The fourth-order valence-corrected chi connectivity index (χ4v) is 4.96. The number of pyridine rings is 3. The van der Waals surface area contributed by atoms with E-state index in [1.165, 1.54) is 6.07 Å². The van der Waals surface area contributed by atoms with E-state index in [1.54, 1.807) is 12.3 Å². The predicted octanol–water partition coefficient (Wildman–Crippen LogP) is 5.49. The van der Waals surface area contributed by atoms with Crippen LogP contribution in [0.15, 0.2) is 61.2 Å². The lowest BCUT2D eigenvalue weighted by Crippen LogP contribution is -2.10. The second-order valence-corrected chi connectivity index (χ2v) is 9.45. The van der Waals surface area contributed by atoms with Crippen molar-refractivity contribution in [3.8, 4) is 33.0 Å². The fraction of sp³-hybridized carbons (Fsp3) is 0.120. The topological polar surface area (TPSA) is 86.4 Å². The maximum Gasteiger partial charge on any atom is 0.176 e. The zero-order chi connectivity index (χ0) is 23.2. The Labute approximate surface area is 198 Å². The highest BCUT2D eigenvalue weighted by molar-refractivity contribution is 7.14. The number of nitrogens with one attached hydrogen (secondary N) is 2. The van der Waals surface area contributed by atoms with Gasteiger partial charge in [-0.15, -0.1) is 11.3 Å². The van der Waals surface area contributed by atoms with E-state index in [-0.39, 0.29) is 5.13 Å². The Balaban J connectivity index is 1.45. The minimum absolute atomic E-state index is 0.211. The highest BCUT2D eigenvalue weighted by atomic mass is 32.1. The molecule has 6 aromatic heterocycles. The Morgan fingerprint density at radius 3 is 2.65 bits per heavy atom. The molecule has 0 fully saturated rings. The predicted molar refractivity (Wildman–Crippen MR) is 133 cm³/mol. The van der Waals surface area contributed by atoms with Crippen LogP contribution < -0.4 is 0 Å². The third-order valence-corrected chi connectivity index (χ3v) is 6.58. The molecule has 0 saturated carbocycles. The molecule has 0 saturated heterocycles. The number of nitrogens with zero attached hydrogens (tertiary/aromatic N) is 5. The number of halogens is 1. The van der Waals surface area contributed by atoms with Crippen LogP contribution in [0.2, 0.25) is 0 Å². The highest BCUT2D eigenvalue weighted by Crippen LogP contribution is 2.36. The van der Waals surface area contributed by atoms with Crippen molar-refractivity contribution in [1.29, 1.82) is 0 Å². The first-order valence-electron chi connectivity index (χ1n) is 10.7. The van der Waals surface area contributed by atoms with E-state index in [0.29, 0.717) is 5.65 Å². The number of rotatable bonds is 5. The summed E-state index contributed by atoms with van der Waals surface area (Å²) in [5.74, 6) is 0. The third kappa shape index (κ3) is 3.64. The zero-order valence-corrected chi connectivity index (χ0v) is 19.3. The van der Waals surface area contributed by atoms with E-state index in [9.17, 15) is 4.39 Å².